The van der Waals surface area contributed by atoms with E-state index >= 15 is 0 Å². The van der Waals surface area contributed by atoms with Gasteiger partial charge in [-0.2, -0.15) is 0 Å². The van der Waals surface area contributed by atoms with E-state index in [4.69, 9.17) is 5.73 Å². The number of carbonyl (C=O) groups is 1. The summed E-state index contributed by atoms with van der Waals surface area (Å²) in [5, 5.41) is 9.51. The van der Waals surface area contributed by atoms with Gasteiger partial charge in [-0.15, -0.1) is 0 Å². The van der Waals surface area contributed by atoms with Crippen LogP contribution in [0, 0.1) is 0 Å². The van der Waals surface area contributed by atoms with Crippen molar-refractivity contribution in [2.45, 2.75) is 25.7 Å². The Morgan fingerprint density at radius 2 is 1.31 bits per heavy atom. The lowest BCUT2D eigenvalue weighted by Gasteiger charge is -2.24. The van der Waals surface area contributed by atoms with E-state index in [0.717, 1.165) is 16.7 Å². The fourth-order valence-corrected chi connectivity index (χ4v) is 3.53. The second-order valence-electron chi connectivity index (χ2n) is 6.60. The molecule has 0 bridgehead atoms. The first-order valence-electron chi connectivity index (χ1n) is 8.76. The molecule has 0 aromatic heterocycles. The zero-order chi connectivity index (χ0) is 18.7. The van der Waals surface area contributed by atoms with Gasteiger partial charge in [-0.1, -0.05) is 80.6 Å². The van der Waals surface area contributed by atoms with E-state index in [-0.39, 0.29) is 17.4 Å². The highest BCUT2D eigenvalue weighted by molar-refractivity contribution is 5.95. The molecule has 0 unspecified atom stereocenters. The van der Waals surface area contributed by atoms with E-state index in [2.05, 4.69) is 38.1 Å². The van der Waals surface area contributed by atoms with Crippen LogP contribution in [0.25, 0.3) is 0 Å². The van der Waals surface area contributed by atoms with Crippen LogP contribution in [0.2, 0.25) is 0 Å². The molecule has 3 rings (SSSR count). The average Bonchev–Trinajstić information content (AvgIpc) is 2.67. The van der Waals surface area contributed by atoms with Gasteiger partial charge in [-0.05, 0) is 28.3 Å². The van der Waals surface area contributed by atoms with Crippen molar-refractivity contribution in [1.82, 2.24) is 0 Å². The summed E-state index contributed by atoms with van der Waals surface area (Å²) >= 11 is 0. The molecule has 3 aromatic rings. The maximum atomic E-state index is 11.6. The first-order chi connectivity index (χ1) is 12.5. The topological polar surface area (TPSA) is 63.3 Å². The lowest BCUT2D eigenvalue weighted by molar-refractivity contribution is 0.0698. The van der Waals surface area contributed by atoms with Crippen molar-refractivity contribution >= 4 is 11.7 Å². The van der Waals surface area contributed by atoms with E-state index in [1.807, 2.05) is 42.5 Å². The molecule has 132 valence electrons. The maximum Gasteiger partial charge on any atom is 0.337 e. The van der Waals surface area contributed by atoms with E-state index in [0.29, 0.717) is 5.69 Å². The van der Waals surface area contributed by atoms with Gasteiger partial charge in [-0.25, -0.2) is 4.79 Å². The van der Waals surface area contributed by atoms with Crippen LogP contribution in [0.4, 0.5) is 5.69 Å². The first kappa shape index (κ1) is 17.7. The summed E-state index contributed by atoms with van der Waals surface area (Å²) < 4.78 is 0. The average molecular weight is 345 g/mol. The van der Waals surface area contributed by atoms with Crippen LogP contribution in [-0.2, 0) is 0 Å². The van der Waals surface area contributed by atoms with Gasteiger partial charge >= 0.3 is 5.97 Å². The molecule has 3 heteroatoms. The molecule has 0 amide bonds. The smallest absolute Gasteiger partial charge is 0.337 e. The second kappa shape index (κ2) is 7.44. The zero-order valence-corrected chi connectivity index (χ0v) is 15.0. The molecule has 26 heavy (non-hydrogen) atoms. The van der Waals surface area contributed by atoms with Gasteiger partial charge in [0.05, 0.1) is 11.3 Å². The number of nitrogens with two attached hydrogens (primary N) is 1. The molecule has 0 saturated carbocycles. The first-order valence-corrected chi connectivity index (χ1v) is 8.76. The van der Waals surface area contributed by atoms with Crippen molar-refractivity contribution < 1.29 is 9.90 Å². The number of benzene rings is 3. The highest BCUT2D eigenvalue weighted by atomic mass is 16.4. The van der Waals surface area contributed by atoms with Crippen LogP contribution >= 0.6 is 0 Å². The number of hydrogen-bond acceptors (Lipinski definition) is 2. The number of rotatable bonds is 5. The lowest BCUT2D eigenvalue weighted by Crippen LogP contribution is -2.13. The Hall–Kier alpha value is -3.07. The quantitative estimate of drug-likeness (QED) is 0.619. The second-order valence-corrected chi connectivity index (χ2v) is 6.60. The van der Waals surface area contributed by atoms with Gasteiger partial charge in [0, 0.05) is 11.8 Å². The van der Waals surface area contributed by atoms with Crippen LogP contribution in [-0.4, -0.2) is 11.1 Å². The fourth-order valence-electron chi connectivity index (χ4n) is 3.53. The Labute approximate surface area is 154 Å². The molecule has 0 fully saturated rings. The third-order valence-electron chi connectivity index (χ3n) is 5.05. The number of anilines is 1. The molecule has 0 radical (unpaired) electrons. The van der Waals surface area contributed by atoms with Crippen molar-refractivity contribution in [3.05, 3.63) is 101 Å². The monoisotopic (exact) mass is 345 g/mol. The van der Waals surface area contributed by atoms with Crippen LogP contribution in [0.5, 0.6) is 0 Å². The Balaban J connectivity index is 2.18. The van der Waals surface area contributed by atoms with Gasteiger partial charge in [0.1, 0.15) is 0 Å². The molecule has 0 saturated heterocycles. The number of aromatic carboxylic acids is 1. The molecule has 0 heterocycles. The van der Waals surface area contributed by atoms with Gasteiger partial charge in [0.2, 0.25) is 0 Å². The van der Waals surface area contributed by atoms with Gasteiger partial charge in [0.15, 0.2) is 0 Å². The summed E-state index contributed by atoms with van der Waals surface area (Å²) in [4.78, 5) is 11.6. The molecule has 0 aliphatic heterocycles. The van der Waals surface area contributed by atoms with Crippen LogP contribution in [0.15, 0.2) is 72.8 Å². The van der Waals surface area contributed by atoms with Crippen LogP contribution in [0.1, 0.15) is 58.3 Å². The van der Waals surface area contributed by atoms with Gasteiger partial charge < -0.3 is 10.8 Å². The third-order valence-corrected chi connectivity index (χ3v) is 5.05. The van der Waals surface area contributed by atoms with E-state index in [9.17, 15) is 9.90 Å². The van der Waals surface area contributed by atoms with Crippen LogP contribution in [0.3, 0.4) is 0 Å². The molecular weight excluding hydrogens is 322 g/mol. The minimum atomic E-state index is -0.997. The maximum absolute atomic E-state index is 11.6. The summed E-state index contributed by atoms with van der Waals surface area (Å²) in [7, 11) is 0. The molecule has 3 aromatic carbocycles. The normalized spacial score (nSPS) is 13.2. The molecule has 0 aliphatic carbocycles. The zero-order valence-electron chi connectivity index (χ0n) is 15.0. The predicted octanol–water partition coefficient (Wildman–Crippen LogP) is 5.27. The summed E-state index contributed by atoms with van der Waals surface area (Å²) in [6.07, 6.45) is 0. The van der Waals surface area contributed by atoms with Gasteiger partial charge in [-0.3, -0.25) is 0 Å². The van der Waals surface area contributed by atoms with Gasteiger partial charge in [0.25, 0.3) is 0 Å². The Bertz CT molecular complexity index is 904. The summed E-state index contributed by atoms with van der Waals surface area (Å²) in [5.74, 6) is -0.887. The molecule has 0 spiro atoms. The number of nitrogen functional groups attached to an aromatic ring is 1. The number of hydrogen-bond donors (Lipinski definition) is 2. The van der Waals surface area contributed by atoms with Crippen molar-refractivity contribution in [1.29, 1.82) is 0 Å². The highest BCUT2D eigenvalue weighted by Gasteiger charge is 2.24. The lowest BCUT2D eigenvalue weighted by atomic mass is 9.81. The van der Waals surface area contributed by atoms with Crippen LogP contribution < -0.4 is 5.73 Å². The standard InChI is InChI=1S/C23H23NO2/c1-15(17-9-5-3-6-10-17)19-13-14-20(23(25)26)22(24)21(19)16(2)18-11-7-4-8-12-18/h3-16H,24H2,1-2H3,(H,25,26)/t15-,16-/m0/s1. The summed E-state index contributed by atoms with van der Waals surface area (Å²) in [5.41, 5.74) is 11.1. The highest BCUT2D eigenvalue weighted by Crippen LogP contribution is 2.38. The number of carboxylic acid groups (broad SMARTS) is 1. The van der Waals surface area contributed by atoms with Crippen molar-refractivity contribution in [3.63, 3.8) is 0 Å². The predicted molar refractivity (Wildman–Crippen MR) is 106 cm³/mol. The SMILES string of the molecule is C[C@@H](c1ccccc1)c1ccc(C(=O)O)c(N)c1[C@@H](C)c1ccccc1. The Morgan fingerprint density at radius 1 is 0.808 bits per heavy atom. The minimum absolute atomic E-state index is 0.00309. The van der Waals surface area contributed by atoms with Crippen molar-refractivity contribution in [3.8, 4) is 0 Å². The minimum Gasteiger partial charge on any atom is -0.478 e. The third kappa shape index (κ3) is 3.33. The summed E-state index contributed by atoms with van der Waals surface area (Å²) in [6, 6.07) is 23.8. The summed E-state index contributed by atoms with van der Waals surface area (Å²) in [6.45, 7) is 4.21. The Kier molecular flexibility index (Phi) is 5.08. The van der Waals surface area contributed by atoms with E-state index in [1.54, 1.807) is 6.07 Å². The molecule has 3 N–H and O–H groups in total. The molecule has 0 aliphatic rings. The fraction of sp³-hybridized carbons (Fsp3) is 0.174. The van der Waals surface area contributed by atoms with E-state index in [1.165, 1.54) is 5.56 Å². The molecular formula is C23H23NO2. The molecule has 2 atom stereocenters. The molecule has 3 nitrogen and oxygen atoms in total. The largest absolute Gasteiger partial charge is 0.478 e. The number of carboxylic acids is 1. The van der Waals surface area contributed by atoms with Crippen molar-refractivity contribution in [2.24, 2.45) is 0 Å². The van der Waals surface area contributed by atoms with E-state index < -0.39 is 5.97 Å². The van der Waals surface area contributed by atoms with Crippen molar-refractivity contribution in [2.75, 3.05) is 5.73 Å². The Morgan fingerprint density at radius 3 is 1.81 bits per heavy atom.